The molecule has 0 saturated heterocycles. The van der Waals surface area contributed by atoms with Crippen LogP contribution in [0.4, 0.5) is 17.2 Å². The van der Waals surface area contributed by atoms with E-state index in [0.717, 1.165) is 19.6 Å². The fourth-order valence-corrected chi connectivity index (χ4v) is 2.44. The Morgan fingerprint density at radius 3 is 2.41 bits per heavy atom. The van der Waals surface area contributed by atoms with E-state index in [1.54, 1.807) is 12.3 Å². The van der Waals surface area contributed by atoms with Crippen LogP contribution in [0.1, 0.15) is 33.1 Å². The van der Waals surface area contributed by atoms with Crippen LogP contribution in [0.2, 0.25) is 0 Å². The van der Waals surface area contributed by atoms with Crippen LogP contribution in [0.25, 0.3) is 0 Å². The number of hydrogen-bond acceptors (Lipinski definition) is 6. The molecule has 0 saturated carbocycles. The molecule has 6 nitrogen and oxygen atoms in total. The van der Waals surface area contributed by atoms with Crippen molar-refractivity contribution < 1.29 is 0 Å². The number of anilines is 3. The van der Waals surface area contributed by atoms with Crippen LogP contribution >= 0.6 is 0 Å². The summed E-state index contributed by atoms with van der Waals surface area (Å²) in [4.78, 5) is 6.72. The Morgan fingerprint density at radius 2 is 1.77 bits per heavy atom. The number of nitrogens with two attached hydrogens (primary N) is 2. The third kappa shape index (κ3) is 7.47. The first-order valence-corrected chi connectivity index (χ1v) is 8.35. The molecule has 0 aliphatic carbocycles. The SMILES string of the molecule is CCCN(CCC)CCCNCCNc1ncc(N)cc1N. The molecule has 0 bridgehead atoms. The zero-order chi connectivity index (χ0) is 16.2. The molecule has 6 N–H and O–H groups in total. The van der Waals surface area contributed by atoms with E-state index < -0.39 is 0 Å². The zero-order valence-corrected chi connectivity index (χ0v) is 14.1. The van der Waals surface area contributed by atoms with Crippen LogP contribution in [0, 0.1) is 0 Å². The van der Waals surface area contributed by atoms with Gasteiger partial charge in [0.25, 0.3) is 0 Å². The normalized spacial score (nSPS) is 11.0. The first kappa shape index (κ1) is 18.5. The Hall–Kier alpha value is -1.53. The molecule has 1 heterocycles. The van der Waals surface area contributed by atoms with Gasteiger partial charge in [0.2, 0.25) is 0 Å². The third-order valence-corrected chi connectivity index (χ3v) is 3.44. The number of nitrogen functional groups attached to an aromatic ring is 2. The van der Waals surface area contributed by atoms with Crippen LogP contribution in [-0.4, -0.2) is 49.2 Å². The summed E-state index contributed by atoms with van der Waals surface area (Å²) in [5.74, 6) is 0.702. The van der Waals surface area contributed by atoms with Crippen LogP contribution in [0.3, 0.4) is 0 Å². The fraction of sp³-hybridized carbons (Fsp3) is 0.688. The largest absolute Gasteiger partial charge is 0.397 e. The second kappa shape index (κ2) is 11.1. The molecule has 126 valence electrons. The molecule has 1 aromatic rings. The van der Waals surface area contributed by atoms with Crippen LogP contribution in [-0.2, 0) is 0 Å². The maximum Gasteiger partial charge on any atom is 0.149 e. The smallest absolute Gasteiger partial charge is 0.149 e. The molecular weight excluding hydrogens is 276 g/mol. The van der Waals surface area contributed by atoms with Crippen molar-refractivity contribution in [1.82, 2.24) is 15.2 Å². The average Bonchev–Trinajstić information content (AvgIpc) is 2.48. The van der Waals surface area contributed by atoms with E-state index in [4.69, 9.17) is 11.5 Å². The third-order valence-electron chi connectivity index (χ3n) is 3.44. The van der Waals surface area contributed by atoms with Crippen LogP contribution < -0.4 is 22.1 Å². The summed E-state index contributed by atoms with van der Waals surface area (Å²) >= 11 is 0. The molecule has 0 aromatic carbocycles. The standard InChI is InChI=1S/C16H32N6/c1-3-9-22(10-4-2)11-5-6-19-7-8-20-16-15(18)12-14(17)13-21-16/h12-13,19H,3-11,17-18H2,1-2H3,(H,20,21). The lowest BCUT2D eigenvalue weighted by atomic mass is 10.3. The summed E-state index contributed by atoms with van der Waals surface area (Å²) in [6.45, 7) is 10.8. The van der Waals surface area contributed by atoms with Gasteiger partial charge in [-0.15, -0.1) is 0 Å². The van der Waals surface area contributed by atoms with Gasteiger partial charge in [-0.25, -0.2) is 4.98 Å². The highest BCUT2D eigenvalue weighted by Gasteiger charge is 2.02. The van der Waals surface area contributed by atoms with Crippen molar-refractivity contribution in [1.29, 1.82) is 0 Å². The minimum Gasteiger partial charge on any atom is -0.397 e. The number of rotatable bonds is 12. The number of nitrogens with zero attached hydrogens (tertiary/aromatic N) is 2. The van der Waals surface area contributed by atoms with Gasteiger partial charge in [-0.05, 0) is 51.5 Å². The van der Waals surface area contributed by atoms with E-state index in [1.807, 2.05) is 0 Å². The fourth-order valence-electron chi connectivity index (χ4n) is 2.44. The molecule has 0 unspecified atom stereocenters. The van der Waals surface area contributed by atoms with Crippen molar-refractivity contribution in [2.45, 2.75) is 33.1 Å². The van der Waals surface area contributed by atoms with E-state index in [-0.39, 0.29) is 0 Å². The van der Waals surface area contributed by atoms with Crippen molar-refractivity contribution in [2.24, 2.45) is 0 Å². The van der Waals surface area contributed by atoms with Gasteiger partial charge in [-0.3, -0.25) is 0 Å². The summed E-state index contributed by atoms with van der Waals surface area (Å²) in [5.41, 5.74) is 12.6. The monoisotopic (exact) mass is 308 g/mol. The van der Waals surface area contributed by atoms with Gasteiger partial charge in [0.1, 0.15) is 5.82 Å². The highest BCUT2D eigenvalue weighted by molar-refractivity contribution is 5.65. The van der Waals surface area contributed by atoms with Gasteiger partial charge in [-0.2, -0.15) is 0 Å². The lowest BCUT2D eigenvalue weighted by molar-refractivity contribution is 0.270. The van der Waals surface area contributed by atoms with Crippen LogP contribution in [0.15, 0.2) is 12.3 Å². The van der Waals surface area contributed by atoms with Crippen molar-refractivity contribution in [3.8, 4) is 0 Å². The highest BCUT2D eigenvalue weighted by Crippen LogP contribution is 2.16. The van der Waals surface area contributed by atoms with E-state index in [0.29, 0.717) is 17.2 Å². The van der Waals surface area contributed by atoms with E-state index in [9.17, 15) is 0 Å². The Bertz CT molecular complexity index is 404. The van der Waals surface area contributed by atoms with Crippen molar-refractivity contribution in [3.63, 3.8) is 0 Å². The van der Waals surface area contributed by atoms with Crippen molar-refractivity contribution in [2.75, 3.05) is 56.1 Å². The zero-order valence-electron chi connectivity index (χ0n) is 14.1. The molecular formula is C16H32N6. The quantitative estimate of drug-likeness (QED) is 0.440. The maximum absolute atomic E-state index is 5.84. The first-order chi connectivity index (χ1) is 10.7. The van der Waals surface area contributed by atoms with E-state index >= 15 is 0 Å². The molecule has 0 radical (unpaired) electrons. The molecule has 1 rings (SSSR count). The van der Waals surface area contributed by atoms with Crippen molar-refractivity contribution >= 4 is 17.2 Å². The minimum absolute atomic E-state index is 0.588. The Morgan fingerprint density at radius 1 is 1.05 bits per heavy atom. The molecule has 0 aliphatic heterocycles. The average molecular weight is 308 g/mol. The molecule has 22 heavy (non-hydrogen) atoms. The molecule has 0 amide bonds. The Labute approximate surface area is 134 Å². The number of pyridine rings is 1. The van der Waals surface area contributed by atoms with Gasteiger partial charge in [0.05, 0.1) is 17.6 Å². The molecule has 0 aliphatic rings. The molecule has 1 aromatic heterocycles. The second-order valence-electron chi connectivity index (χ2n) is 5.58. The highest BCUT2D eigenvalue weighted by atomic mass is 15.1. The molecule has 0 atom stereocenters. The number of aromatic nitrogens is 1. The Kier molecular flexibility index (Phi) is 9.34. The summed E-state index contributed by atoms with van der Waals surface area (Å²) < 4.78 is 0. The van der Waals surface area contributed by atoms with Crippen LogP contribution in [0.5, 0.6) is 0 Å². The number of hydrogen-bond donors (Lipinski definition) is 4. The van der Waals surface area contributed by atoms with Gasteiger partial charge < -0.3 is 27.0 Å². The van der Waals surface area contributed by atoms with Crippen molar-refractivity contribution in [3.05, 3.63) is 12.3 Å². The second-order valence-corrected chi connectivity index (χ2v) is 5.58. The predicted octanol–water partition coefficient (Wildman–Crippen LogP) is 1.76. The van der Waals surface area contributed by atoms with Gasteiger partial charge in [-0.1, -0.05) is 13.8 Å². The molecule has 0 spiro atoms. The Balaban J connectivity index is 2.08. The first-order valence-electron chi connectivity index (χ1n) is 8.35. The molecule has 6 heteroatoms. The maximum atomic E-state index is 5.84. The summed E-state index contributed by atoms with van der Waals surface area (Å²) in [7, 11) is 0. The van der Waals surface area contributed by atoms with Gasteiger partial charge in [0.15, 0.2) is 0 Å². The summed E-state index contributed by atoms with van der Waals surface area (Å²) in [6, 6.07) is 1.72. The summed E-state index contributed by atoms with van der Waals surface area (Å²) in [6.07, 6.45) is 5.26. The lowest BCUT2D eigenvalue weighted by Crippen LogP contribution is -2.30. The van der Waals surface area contributed by atoms with Gasteiger partial charge in [0, 0.05) is 13.1 Å². The van der Waals surface area contributed by atoms with Gasteiger partial charge >= 0.3 is 0 Å². The predicted molar refractivity (Wildman–Crippen MR) is 96.1 cm³/mol. The lowest BCUT2D eigenvalue weighted by Gasteiger charge is -2.20. The molecule has 0 fully saturated rings. The van der Waals surface area contributed by atoms with E-state index in [2.05, 4.69) is 34.4 Å². The van der Waals surface area contributed by atoms with E-state index in [1.165, 1.54) is 38.9 Å². The minimum atomic E-state index is 0.588. The topological polar surface area (TPSA) is 92.2 Å². The summed E-state index contributed by atoms with van der Waals surface area (Å²) in [5, 5.41) is 6.66. The number of nitrogens with one attached hydrogen (secondary N) is 2.